The number of anilines is 1. The van der Waals surface area contributed by atoms with Gasteiger partial charge in [-0.15, -0.1) is 11.8 Å². The van der Waals surface area contributed by atoms with Crippen molar-refractivity contribution in [3.8, 4) is 0 Å². The fourth-order valence-corrected chi connectivity index (χ4v) is 3.17. The van der Waals surface area contributed by atoms with E-state index in [1.54, 1.807) is 6.92 Å². The molecule has 29 heavy (non-hydrogen) atoms. The molecule has 2 rings (SSSR count). The maximum absolute atomic E-state index is 13.7. The average molecular weight is 432 g/mol. The fraction of sp³-hybridized carbons (Fsp3) is 0.263. The molecule has 0 aliphatic carbocycles. The van der Waals surface area contributed by atoms with Crippen LogP contribution < -0.4 is 5.32 Å². The Hall–Kier alpha value is -2.62. The summed E-state index contributed by atoms with van der Waals surface area (Å²) < 4.78 is 66.1. The van der Waals surface area contributed by atoms with Crippen molar-refractivity contribution in [1.29, 1.82) is 0 Å². The number of carbonyl (C=O) groups excluding carboxylic acids is 2. The van der Waals surface area contributed by atoms with Crippen molar-refractivity contribution >= 4 is 29.3 Å². The van der Waals surface area contributed by atoms with Gasteiger partial charge in [-0.1, -0.05) is 6.92 Å². The molecule has 0 spiro atoms. The van der Waals surface area contributed by atoms with Gasteiger partial charge >= 0.3 is 0 Å². The number of carbonyl (C=O) groups is 2. The maximum atomic E-state index is 13.7. The molecule has 0 saturated carbocycles. The Morgan fingerprint density at radius 1 is 0.966 bits per heavy atom. The second-order valence-corrected chi connectivity index (χ2v) is 7.00. The summed E-state index contributed by atoms with van der Waals surface area (Å²) in [7, 11) is 0. The lowest BCUT2D eigenvalue weighted by Gasteiger charge is -2.21. The first-order valence-corrected chi connectivity index (χ1v) is 9.50. The lowest BCUT2D eigenvalue weighted by atomic mass is 10.2. The molecular weight excluding hydrogens is 415 g/mol. The van der Waals surface area contributed by atoms with Crippen molar-refractivity contribution in [2.24, 2.45) is 0 Å². The lowest BCUT2D eigenvalue weighted by Crippen LogP contribution is -2.39. The van der Waals surface area contributed by atoms with Crippen LogP contribution in [-0.2, 0) is 9.59 Å². The molecule has 156 valence electrons. The summed E-state index contributed by atoms with van der Waals surface area (Å²) in [4.78, 5) is 26.0. The molecule has 4 nitrogen and oxygen atoms in total. The van der Waals surface area contributed by atoms with Crippen LogP contribution in [0, 0.1) is 29.1 Å². The summed E-state index contributed by atoms with van der Waals surface area (Å²) >= 11 is 0.962. The number of benzene rings is 2. The first-order chi connectivity index (χ1) is 13.7. The third-order valence-corrected chi connectivity index (χ3v) is 4.72. The van der Waals surface area contributed by atoms with Gasteiger partial charge in [0.25, 0.3) is 0 Å². The van der Waals surface area contributed by atoms with E-state index < -0.39 is 53.1 Å². The first kappa shape index (κ1) is 22.7. The van der Waals surface area contributed by atoms with E-state index in [0.29, 0.717) is 17.4 Å². The third kappa shape index (κ3) is 6.18. The Bertz CT molecular complexity index is 910. The summed E-state index contributed by atoms with van der Waals surface area (Å²) in [6, 6.07) is 4.75. The number of nitrogens with one attached hydrogen (secondary N) is 1. The zero-order chi connectivity index (χ0) is 21.6. The van der Waals surface area contributed by atoms with Gasteiger partial charge in [-0.05, 0) is 36.8 Å². The van der Waals surface area contributed by atoms with Gasteiger partial charge in [0.2, 0.25) is 11.8 Å². The van der Waals surface area contributed by atoms with Crippen LogP contribution in [0.3, 0.4) is 0 Å². The standard InChI is InChI=1S/C19H17F5N2O2S/c1-2-7-26(17(28)10-29-11-3-4-12(20)14(22)8-11)9-16(27)25-15-6-5-13(21)18(23)19(15)24/h3-6,8H,2,7,9-10H2,1H3,(H,25,27). The van der Waals surface area contributed by atoms with Gasteiger partial charge in [-0.3, -0.25) is 9.59 Å². The SMILES string of the molecule is CCCN(CC(=O)Nc1ccc(F)c(F)c1F)C(=O)CSc1ccc(F)c(F)c1. The molecule has 2 amide bonds. The topological polar surface area (TPSA) is 49.4 Å². The molecule has 1 N–H and O–H groups in total. The van der Waals surface area contributed by atoms with Crippen LogP contribution in [0.5, 0.6) is 0 Å². The highest BCUT2D eigenvalue weighted by molar-refractivity contribution is 8.00. The first-order valence-electron chi connectivity index (χ1n) is 8.51. The molecule has 0 radical (unpaired) electrons. The monoisotopic (exact) mass is 432 g/mol. The minimum absolute atomic E-state index is 0.141. The number of hydrogen-bond acceptors (Lipinski definition) is 3. The smallest absolute Gasteiger partial charge is 0.244 e. The summed E-state index contributed by atoms with van der Waals surface area (Å²) in [5.41, 5.74) is -0.547. The van der Waals surface area contributed by atoms with E-state index in [9.17, 15) is 31.5 Å². The van der Waals surface area contributed by atoms with Crippen LogP contribution in [0.4, 0.5) is 27.6 Å². The van der Waals surface area contributed by atoms with Crippen molar-refractivity contribution in [2.45, 2.75) is 18.2 Å². The number of thioether (sulfide) groups is 1. The Balaban J connectivity index is 1.99. The number of rotatable bonds is 8. The van der Waals surface area contributed by atoms with Crippen LogP contribution >= 0.6 is 11.8 Å². The zero-order valence-corrected chi connectivity index (χ0v) is 16.1. The van der Waals surface area contributed by atoms with Gasteiger partial charge < -0.3 is 10.2 Å². The summed E-state index contributed by atoms with van der Waals surface area (Å²) in [5, 5.41) is 2.10. The van der Waals surface area contributed by atoms with E-state index in [1.807, 2.05) is 0 Å². The summed E-state index contributed by atoms with van der Waals surface area (Å²) in [5.74, 6) is -8.09. The molecule has 10 heteroatoms. The minimum Gasteiger partial charge on any atom is -0.333 e. The Morgan fingerprint density at radius 3 is 2.31 bits per heavy atom. The normalized spacial score (nSPS) is 10.7. The van der Waals surface area contributed by atoms with Gasteiger partial charge in [0.15, 0.2) is 29.1 Å². The average Bonchev–Trinajstić information content (AvgIpc) is 2.68. The van der Waals surface area contributed by atoms with Crippen molar-refractivity contribution < 1.29 is 31.5 Å². The Morgan fingerprint density at radius 2 is 1.66 bits per heavy atom. The van der Waals surface area contributed by atoms with E-state index in [0.717, 1.165) is 30.0 Å². The molecule has 0 atom stereocenters. The summed E-state index contributed by atoms with van der Waals surface area (Å²) in [6.45, 7) is 1.55. The Labute approximate surface area is 168 Å². The largest absolute Gasteiger partial charge is 0.333 e. The molecule has 0 fully saturated rings. The number of hydrogen-bond donors (Lipinski definition) is 1. The molecule has 0 unspecified atom stereocenters. The highest BCUT2D eigenvalue weighted by Gasteiger charge is 2.20. The van der Waals surface area contributed by atoms with Crippen LogP contribution in [0.1, 0.15) is 13.3 Å². The van der Waals surface area contributed by atoms with E-state index in [-0.39, 0.29) is 12.3 Å². The van der Waals surface area contributed by atoms with Gasteiger partial charge in [0.05, 0.1) is 18.0 Å². The molecule has 2 aromatic carbocycles. The van der Waals surface area contributed by atoms with E-state index in [2.05, 4.69) is 5.32 Å². The third-order valence-electron chi connectivity index (χ3n) is 3.74. The van der Waals surface area contributed by atoms with Crippen LogP contribution in [0.25, 0.3) is 0 Å². The quantitative estimate of drug-likeness (QED) is 0.383. The van der Waals surface area contributed by atoms with E-state index in [4.69, 9.17) is 0 Å². The number of halogens is 5. The van der Waals surface area contributed by atoms with Gasteiger partial charge in [0, 0.05) is 11.4 Å². The summed E-state index contributed by atoms with van der Waals surface area (Å²) in [6.07, 6.45) is 0.522. The molecule has 0 saturated heterocycles. The van der Waals surface area contributed by atoms with Crippen molar-refractivity contribution in [3.05, 3.63) is 59.4 Å². The second-order valence-electron chi connectivity index (χ2n) is 5.95. The highest BCUT2D eigenvalue weighted by Crippen LogP contribution is 2.21. The molecule has 2 aromatic rings. The molecule has 0 heterocycles. The molecule has 0 aliphatic heterocycles. The molecular formula is C19H17F5N2O2S. The maximum Gasteiger partial charge on any atom is 0.244 e. The van der Waals surface area contributed by atoms with Crippen molar-refractivity contribution in [2.75, 3.05) is 24.2 Å². The minimum atomic E-state index is -1.72. The lowest BCUT2D eigenvalue weighted by molar-refractivity contribution is -0.132. The number of amides is 2. The fourth-order valence-electron chi connectivity index (χ4n) is 2.35. The van der Waals surface area contributed by atoms with Crippen LogP contribution in [-0.4, -0.2) is 35.6 Å². The molecule has 0 aromatic heterocycles. The van der Waals surface area contributed by atoms with Crippen LogP contribution in [0.2, 0.25) is 0 Å². The van der Waals surface area contributed by atoms with Crippen LogP contribution in [0.15, 0.2) is 35.2 Å². The van der Waals surface area contributed by atoms with E-state index in [1.165, 1.54) is 11.0 Å². The second kappa shape index (κ2) is 10.2. The predicted molar refractivity (Wildman–Crippen MR) is 98.9 cm³/mol. The van der Waals surface area contributed by atoms with Gasteiger partial charge in [0.1, 0.15) is 0 Å². The predicted octanol–water partition coefficient (Wildman–Crippen LogP) is 4.35. The van der Waals surface area contributed by atoms with Gasteiger partial charge in [-0.25, -0.2) is 22.0 Å². The molecule has 0 bridgehead atoms. The van der Waals surface area contributed by atoms with Crippen molar-refractivity contribution in [3.63, 3.8) is 0 Å². The zero-order valence-electron chi connectivity index (χ0n) is 15.3. The number of nitrogens with zero attached hydrogens (tertiary/aromatic N) is 1. The highest BCUT2D eigenvalue weighted by atomic mass is 32.2. The van der Waals surface area contributed by atoms with E-state index >= 15 is 0 Å². The molecule has 0 aliphatic rings. The van der Waals surface area contributed by atoms with Gasteiger partial charge in [-0.2, -0.15) is 0 Å². The van der Waals surface area contributed by atoms with Crippen molar-refractivity contribution in [1.82, 2.24) is 4.90 Å². The Kier molecular flexibility index (Phi) is 8.00.